The van der Waals surface area contributed by atoms with E-state index in [0.29, 0.717) is 30.2 Å². The molecule has 0 saturated heterocycles. The molecule has 9 heteroatoms. The van der Waals surface area contributed by atoms with Gasteiger partial charge in [-0.25, -0.2) is 13.6 Å². The molecule has 3 unspecified atom stereocenters. The molecule has 0 amide bonds. The van der Waals surface area contributed by atoms with Crippen LogP contribution >= 0.6 is 11.8 Å². The molecule has 3 saturated carbocycles. The Labute approximate surface area is 217 Å². The van der Waals surface area contributed by atoms with Gasteiger partial charge in [-0.2, -0.15) is 0 Å². The molecule has 0 bridgehead atoms. The van der Waals surface area contributed by atoms with E-state index in [1.165, 1.54) is 36.6 Å². The number of carbonyl (C=O) groups is 3. The van der Waals surface area contributed by atoms with Crippen molar-refractivity contribution < 1.29 is 37.4 Å². The molecule has 0 aromatic carbocycles. The predicted octanol–water partition coefficient (Wildman–Crippen LogP) is 4.59. The molecule has 196 valence electrons. The maximum absolute atomic E-state index is 17.4. The molecule has 6 nitrogen and oxygen atoms in total. The number of ketones is 1. The lowest BCUT2D eigenvalue weighted by molar-refractivity contribution is -0.216. The van der Waals surface area contributed by atoms with E-state index in [1.54, 1.807) is 13.8 Å². The van der Waals surface area contributed by atoms with Crippen molar-refractivity contribution in [3.05, 3.63) is 48.0 Å². The Kier molecular flexibility index (Phi) is 6.08. The number of hydrogen-bond acceptors (Lipinski definition) is 7. The highest BCUT2D eigenvalue weighted by Gasteiger charge is 2.78. The van der Waals surface area contributed by atoms with Gasteiger partial charge in [-0.3, -0.25) is 9.59 Å². The van der Waals surface area contributed by atoms with E-state index < -0.39 is 63.0 Å². The average molecular weight is 531 g/mol. The van der Waals surface area contributed by atoms with Crippen LogP contribution in [0.25, 0.3) is 0 Å². The summed E-state index contributed by atoms with van der Waals surface area (Å²) < 4.78 is 42.0. The van der Waals surface area contributed by atoms with Gasteiger partial charge >= 0.3 is 5.97 Å². The first-order valence-electron chi connectivity index (χ1n) is 12.3. The summed E-state index contributed by atoms with van der Waals surface area (Å²) in [5.41, 5.74) is -6.08. The van der Waals surface area contributed by atoms with Gasteiger partial charge in [0.15, 0.2) is 17.1 Å². The zero-order valence-electron chi connectivity index (χ0n) is 20.5. The number of esters is 1. The summed E-state index contributed by atoms with van der Waals surface area (Å²) in [4.78, 5) is 38.8. The fourth-order valence-electron chi connectivity index (χ4n) is 7.78. The quantitative estimate of drug-likeness (QED) is 0.450. The van der Waals surface area contributed by atoms with Crippen LogP contribution in [-0.2, 0) is 14.3 Å². The molecule has 4 aliphatic rings. The third-order valence-corrected chi connectivity index (χ3v) is 10.2. The van der Waals surface area contributed by atoms with Gasteiger partial charge in [0.1, 0.15) is 6.01 Å². The van der Waals surface area contributed by atoms with Gasteiger partial charge in [0, 0.05) is 16.7 Å². The lowest BCUT2D eigenvalue weighted by atomic mass is 9.45. The number of rotatable bonds is 4. The summed E-state index contributed by atoms with van der Waals surface area (Å²) >= 11 is 0.345. The van der Waals surface area contributed by atoms with Crippen LogP contribution in [0.15, 0.2) is 46.6 Å². The predicted molar refractivity (Wildman–Crippen MR) is 131 cm³/mol. The normalized spacial score (nSPS) is 42.2. The molecular weight excluding hydrogens is 502 g/mol. The van der Waals surface area contributed by atoms with Crippen molar-refractivity contribution >= 4 is 28.6 Å². The summed E-state index contributed by atoms with van der Waals surface area (Å²) in [6.45, 7) is 3.36. The van der Waals surface area contributed by atoms with Crippen LogP contribution in [0.2, 0.25) is 0 Å². The van der Waals surface area contributed by atoms with Crippen molar-refractivity contribution in [1.29, 1.82) is 0 Å². The standard InChI is InChI=1S/C28H28F2O6S/c1-4-16-13-20-19-8-7-17-12-18(31)9-10-25(17,2)27(19,30)22(32)14-26(20,3)28(16,24(34)37-15-29)36-23(33)21-6-5-11-35-21/h1,5-6,9-12,16,19-20,22,32H,7-8,13-15H2,2-3H3/t16-,19?,20?,22+,25+,26+,27?,28+/m1/s1. The minimum Gasteiger partial charge on any atom is -0.457 e. The van der Waals surface area contributed by atoms with E-state index in [0.717, 1.165) is 0 Å². The van der Waals surface area contributed by atoms with Crippen molar-refractivity contribution in [2.45, 2.75) is 56.9 Å². The van der Waals surface area contributed by atoms with Gasteiger partial charge in [-0.1, -0.05) is 24.5 Å². The Morgan fingerprint density at radius 1 is 1.35 bits per heavy atom. The van der Waals surface area contributed by atoms with Crippen molar-refractivity contribution in [3.63, 3.8) is 0 Å². The fourth-order valence-corrected chi connectivity index (χ4v) is 8.51. The molecule has 8 atom stereocenters. The number of furan rings is 1. The van der Waals surface area contributed by atoms with E-state index >= 15 is 4.39 Å². The molecule has 37 heavy (non-hydrogen) atoms. The molecule has 0 spiro atoms. The first-order valence-corrected chi connectivity index (χ1v) is 13.3. The van der Waals surface area contributed by atoms with Gasteiger partial charge in [-0.15, -0.1) is 6.42 Å². The third kappa shape index (κ3) is 3.24. The van der Waals surface area contributed by atoms with Crippen LogP contribution in [0.3, 0.4) is 0 Å². The van der Waals surface area contributed by atoms with Gasteiger partial charge in [0.2, 0.25) is 10.9 Å². The van der Waals surface area contributed by atoms with Crippen LogP contribution in [0.1, 0.15) is 50.1 Å². The molecule has 0 radical (unpaired) electrons. The monoisotopic (exact) mass is 530 g/mol. The number of ether oxygens (including phenoxy) is 1. The Bertz CT molecular complexity index is 1250. The highest BCUT2D eigenvalue weighted by Crippen LogP contribution is 2.71. The number of aliphatic hydroxyl groups is 1. The molecule has 4 aliphatic carbocycles. The van der Waals surface area contributed by atoms with Crippen LogP contribution in [0.4, 0.5) is 8.78 Å². The van der Waals surface area contributed by atoms with Crippen molar-refractivity contribution in [2.24, 2.45) is 28.6 Å². The van der Waals surface area contributed by atoms with Crippen LogP contribution in [0, 0.1) is 40.9 Å². The Balaban J connectivity index is 1.65. The minimum absolute atomic E-state index is 0.151. The lowest BCUT2D eigenvalue weighted by Crippen LogP contribution is -2.69. The summed E-state index contributed by atoms with van der Waals surface area (Å²) in [5, 5.41) is 10.8. The summed E-state index contributed by atoms with van der Waals surface area (Å²) in [5.74, 6) is -1.05. The van der Waals surface area contributed by atoms with Crippen molar-refractivity contribution in [1.82, 2.24) is 0 Å². The van der Waals surface area contributed by atoms with Crippen molar-refractivity contribution in [2.75, 3.05) is 6.01 Å². The smallest absolute Gasteiger partial charge is 0.375 e. The second kappa shape index (κ2) is 8.67. The number of halogens is 2. The maximum atomic E-state index is 17.4. The van der Waals surface area contributed by atoms with E-state index in [1.807, 2.05) is 0 Å². The summed E-state index contributed by atoms with van der Waals surface area (Å²) in [7, 11) is 0. The van der Waals surface area contributed by atoms with Crippen LogP contribution in [-0.4, -0.2) is 45.4 Å². The maximum Gasteiger partial charge on any atom is 0.375 e. The van der Waals surface area contributed by atoms with E-state index in [-0.39, 0.29) is 24.4 Å². The SMILES string of the molecule is C#C[C@@H]1CC2C3CCC4=CC(=O)C=C[C@]4(C)C3(F)[C@@H](O)C[C@]2(C)[C@@]1(OC(=O)c1ccco1)C(=O)SCF. The van der Waals surface area contributed by atoms with Gasteiger partial charge in [-0.05, 0) is 74.6 Å². The van der Waals surface area contributed by atoms with Gasteiger partial charge in [0.25, 0.3) is 0 Å². The van der Waals surface area contributed by atoms with Crippen LogP contribution < -0.4 is 0 Å². The van der Waals surface area contributed by atoms with E-state index in [4.69, 9.17) is 15.6 Å². The van der Waals surface area contributed by atoms with Gasteiger partial charge in [0.05, 0.1) is 18.3 Å². The molecule has 3 fully saturated rings. The highest BCUT2D eigenvalue weighted by molar-refractivity contribution is 8.13. The van der Waals surface area contributed by atoms with Crippen LogP contribution in [0.5, 0.6) is 0 Å². The lowest BCUT2D eigenvalue weighted by Gasteiger charge is -2.62. The summed E-state index contributed by atoms with van der Waals surface area (Å²) in [6.07, 6.45) is 10.5. The number of fused-ring (bicyclic) bond motifs is 5. The number of hydrogen-bond donors (Lipinski definition) is 1. The molecule has 0 aliphatic heterocycles. The summed E-state index contributed by atoms with van der Waals surface area (Å²) in [6, 6.07) is 1.79. The highest BCUT2D eigenvalue weighted by atomic mass is 32.2. The zero-order chi connectivity index (χ0) is 26.8. The Hall–Kier alpha value is -2.70. The topological polar surface area (TPSA) is 93.8 Å². The molecule has 5 rings (SSSR count). The van der Waals surface area contributed by atoms with E-state index in [9.17, 15) is 23.9 Å². The number of carbonyl (C=O) groups excluding carboxylic acids is 3. The number of allylic oxidation sites excluding steroid dienone is 4. The van der Waals surface area contributed by atoms with E-state index in [2.05, 4.69) is 5.92 Å². The minimum atomic E-state index is -2.16. The molecule has 1 N–H and O–H groups in total. The first-order chi connectivity index (χ1) is 17.5. The number of terminal acetylenes is 1. The number of alkyl halides is 2. The largest absolute Gasteiger partial charge is 0.457 e. The average Bonchev–Trinajstić information content (AvgIpc) is 3.47. The Morgan fingerprint density at radius 2 is 2.11 bits per heavy atom. The second-order valence-corrected chi connectivity index (χ2v) is 11.7. The third-order valence-electron chi connectivity index (χ3n) is 9.53. The first kappa shape index (κ1) is 25.9. The zero-order valence-corrected chi connectivity index (χ0v) is 21.4. The molecule has 1 aromatic rings. The van der Waals surface area contributed by atoms with Gasteiger partial charge < -0.3 is 14.3 Å². The fraction of sp³-hybridized carbons (Fsp3) is 0.536. The molecule has 1 aromatic heterocycles. The Morgan fingerprint density at radius 3 is 2.76 bits per heavy atom. The molecule has 1 heterocycles. The number of thioether (sulfide) groups is 1. The number of aliphatic hydroxyl groups excluding tert-OH is 1. The molecular formula is C28H28F2O6S. The van der Waals surface area contributed by atoms with Crippen molar-refractivity contribution in [3.8, 4) is 12.3 Å². The second-order valence-electron chi connectivity index (χ2n) is 10.9.